The second-order valence-electron chi connectivity index (χ2n) is 14.6. The summed E-state index contributed by atoms with van der Waals surface area (Å²) in [6.45, 7) is 9.35. The summed E-state index contributed by atoms with van der Waals surface area (Å²) in [6.07, 6.45) is 0.897. The van der Waals surface area contributed by atoms with E-state index in [9.17, 15) is 24.3 Å². The number of carbonyl (C=O) groups excluding carboxylic acids is 4. The van der Waals surface area contributed by atoms with Crippen LogP contribution in [-0.2, 0) is 42.9 Å². The minimum atomic E-state index is -1.95. The molecule has 4 spiro atoms. The van der Waals surface area contributed by atoms with Crippen LogP contribution in [0.3, 0.4) is 0 Å². The summed E-state index contributed by atoms with van der Waals surface area (Å²) in [5.74, 6) is -7.37. The molecular weight excluding hydrogens is 508 g/mol. The van der Waals surface area contributed by atoms with Crippen molar-refractivity contribution in [1.82, 2.24) is 0 Å². The molecule has 10 heteroatoms. The van der Waals surface area contributed by atoms with Crippen LogP contribution < -0.4 is 0 Å². The van der Waals surface area contributed by atoms with Crippen molar-refractivity contribution >= 4 is 23.5 Å². The Kier molecular flexibility index (Phi) is 4.21. The third-order valence-corrected chi connectivity index (χ3v) is 12.3. The van der Waals surface area contributed by atoms with Crippen molar-refractivity contribution in [3.63, 3.8) is 0 Å². The van der Waals surface area contributed by atoms with Gasteiger partial charge in [0.05, 0.1) is 17.9 Å². The predicted molar refractivity (Wildman–Crippen MR) is 128 cm³/mol. The van der Waals surface area contributed by atoms with Gasteiger partial charge in [0.25, 0.3) is 0 Å². The van der Waals surface area contributed by atoms with Crippen LogP contribution in [-0.4, -0.2) is 68.7 Å². The summed E-state index contributed by atoms with van der Waals surface area (Å²) in [6, 6.07) is 0. The lowest BCUT2D eigenvalue weighted by atomic mass is 9.61. The number of aliphatic hydroxyl groups is 1. The van der Waals surface area contributed by atoms with Crippen molar-refractivity contribution in [3.05, 3.63) is 0 Å². The average molecular weight is 545 g/mol. The van der Waals surface area contributed by atoms with Crippen molar-refractivity contribution in [2.75, 3.05) is 0 Å². The molecule has 212 valence electrons. The smallest absolute Gasteiger partial charge is 0.311 e. The Morgan fingerprint density at radius 3 is 2.38 bits per heavy atom. The maximum atomic E-state index is 14.8. The molecule has 8 fully saturated rings. The fourth-order valence-electron chi connectivity index (χ4n) is 10.9. The first-order valence-electron chi connectivity index (χ1n) is 14.4. The van der Waals surface area contributed by atoms with Gasteiger partial charge < -0.3 is 24.1 Å². The highest BCUT2D eigenvalue weighted by atomic mass is 16.8. The molecule has 0 aromatic heterocycles. The maximum Gasteiger partial charge on any atom is 0.311 e. The number of hydrogen-bond donors (Lipinski definition) is 1. The van der Waals surface area contributed by atoms with Crippen molar-refractivity contribution in [1.29, 1.82) is 0 Å². The molecular formula is C29H36O10. The van der Waals surface area contributed by atoms with Gasteiger partial charge in [-0.25, -0.2) is 0 Å². The number of ketones is 2. The zero-order valence-electron chi connectivity index (χ0n) is 23.0. The summed E-state index contributed by atoms with van der Waals surface area (Å²) >= 11 is 0. The third-order valence-electron chi connectivity index (χ3n) is 12.3. The van der Waals surface area contributed by atoms with Crippen molar-refractivity contribution in [3.8, 4) is 0 Å². The second-order valence-corrected chi connectivity index (χ2v) is 14.6. The average Bonchev–Trinajstić information content (AvgIpc) is 3.50. The van der Waals surface area contributed by atoms with Gasteiger partial charge in [0.1, 0.15) is 23.1 Å². The van der Waals surface area contributed by atoms with E-state index in [0.717, 1.165) is 0 Å². The monoisotopic (exact) mass is 544 g/mol. The summed E-state index contributed by atoms with van der Waals surface area (Å²) in [5, 5.41) is 12.5. The summed E-state index contributed by atoms with van der Waals surface area (Å²) in [7, 11) is 0. The predicted octanol–water partition coefficient (Wildman–Crippen LogP) is 1.98. The molecule has 10 nitrogen and oxygen atoms in total. The lowest BCUT2D eigenvalue weighted by molar-refractivity contribution is -0.316. The van der Waals surface area contributed by atoms with E-state index in [1.807, 2.05) is 27.7 Å². The van der Waals surface area contributed by atoms with Crippen molar-refractivity contribution < 1.29 is 48.0 Å². The van der Waals surface area contributed by atoms with Crippen LogP contribution in [0.15, 0.2) is 0 Å². The molecule has 6 heterocycles. The first-order valence-corrected chi connectivity index (χ1v) is 14.4. The van der Waals surface area contributed by atoms with Crippen LogP contribution in [0.25, 0.3) is 0 Å². The van der Waals surface area contributed by atoms with E-state index in [1.165, 1.54) is 0 Å². The van der Waals surface area contributed by atoms with Crippen LogP contribution in [0, 0.1) is 35.0 Å². The fraction of sp³-hybridized carbons (Fsp3) is 0.862. The first kappa shape index (κ1) is 24.9. The maximum absolute atomic E-state index is 14.8. The summed E-state index contributed by atoms with van der Waals surface area (Å²) in [5.41, 5.74) is -6.08. The Hall–Kier alpha value is -1.88. The van der Waals surface area contributed by atoms with E-state index >= 15 is 0 Å². The SMILES string of the molecule is C[C@@H]1C(=O)[C@@]2(C)CC[C@]34C[C@]56OC(=O)C[C@H]5OC(C)(C)[C@@H]6CC[C@@]3(O)C(=O)[C@@]3(O[C@@]5(C[C@H](C)C(=O)O5)[C@@H]1[C@H]32)O4. The standard InChI is InChI=1S/C29H36O10/c1-13-11-28(37-21(13)32)18-14(2)20(31)24(5)8-9-25-12-26-15(23(3,4)35-16(26)10-17(30)36-26)6-7-27(25,34)22(33)29(38-25,39-28)19(18)24/h13-16,18-19,34H,6-12H2,1-5H3/t13-,14-,15-,16+,18-,19-,24-,25-,26+,27+,28-,29+/m0/s1. The van der Waals surface area contributed by atoms with E-state index in [2.05, 4.69) is 0 Å². The molecule has 8 aliphatic rings. The van der Waals surface area contributed by atoms with E-state index < -0.39 is 80.9 Å². The molecule has 12 atom stereocenters. The third kappa shape index (κ3) is 2.41. The number of Topliss-reactive ketones (excluding diaryl/α,β-unsaturated/α-hetero) is 2. The van der Waals surface area contributed by atoms with Gasteiger partial charge in [0.15, 0.2) is 5.60 Å². The highest BCUT2D eigenvalue weighted by Gasteiger charge is 2.89. The molecule has 0 radical (unpaired) electrons. The number of carbonyl (C=O) groups is 4. The van der Waals surface area contributed by atoms with Crippen LogP contribution >= 0.6 is 0 Å². The van der Waals surface area contributed by atoms with E-state index in [0.29, 0.717) is 12.8 Å². The van der Waals surface area contributed by atoms with Gasteiger partial charge in [0, 0.05) is 41.9 Å². The van der Waals surface area contributed by atoms with Gasteiger partial charge in [-0.1, -0.05) is 20.8 Å². The highest BCUT2D eigenvalue weighted by Crippen LogP contribution is 2.75. The normalized spacial score (nSPS) is 59.9. The molecule has 39 heavy (non-hydrogen) atoms. The lowest BCUT2D eigenvalue weighted by Crippen LogP contribution is -2.59. The van der Waals surface area contributed by atoms with Crippen LogP contribution in [0.1, 0.15) is 79.6 Å². The molecule has 6 saturated heterocycles. The largest absolute Gasteiger partial charge is 0.456 e. The molecule has 0 amide bonds. The number of hydrogen-bond acceptors (Lipinski definition) is 10. The van der Waals surface area contributed by atoms with Crippen LogP contribution in [0.4, 0.5) is 0 Å². The van der Waals surface area contributed by atoms with Crippen LogP contribution in [0.5, 0.6) is 0 Å². The number of ether oxygens (including phenoxy) is 5. The quantitative estimate of drug-likeness (QED) is 0.451. The molecule has 8 rings (SSSR count). The molecule has 2 aliphatic carbocycles. The molecule has 0 aromatic rings. The Morgan fingerprint density at radius 2 is 1.69 bits per heavy atom. The summed E-state index contributed by atoms with van der Waals surface area (Å²) < 4.78 is 32.0. The Balaban J connectivity index is 1.32. The van der Waals surface area contributed by atoms with Crippen molar-refractivity contribution in [2.24, 2.45) is 35.0 Å². The minimum Gasteiger partial charge on any atom is -0.456 e. The van der Waals surface area contributed by atoms with Gasteiger partial charge in [-0.05, 0) is 39.5 Å². The molecule has 1 N–H and O–H groups in total. The van der Waals surface area contributed by atoms with Gasteiger partial charge in [-0.2, -0.15) is 0 Å². The number of esters is 2. The Labute approximate surface area is 226 Å². The zero-order chi connectivity index (χ0) is 27.8. The highest BCUT2D eigenvalue weighted by molar-refractivity contribution is 6.01. The van der Waals surface area contributed by atoms with E-state index in [4.69, 9.17) is 23.7 Å². The van der Waals surface area contributed by atoms with E-state index in [1.54, 1.807) is 6.92 Å². The minimum absolute atomic E-state index is 0.000734. The molecule has 0 aromatic carbocycles. The lowest BCUT2D eigenvalue weighted by Gasteiger charge is -2.43. The second kappa shape index (κ2) is 6.61. The summed E-state index contributed by atoms with van der Waals surface area (Å²) in [4.78, 5) is 54.1. The fourth-order valence-corrected chi connectivity index (χ4v) is 10.9. The van der Waals surface area contributed by atoms with E-state index in [-0.39, 0.29) is 49.8 Å². The first-order chi connectivity index (χ1) is 18.1. The van der Waals surface area contributed by atoms with Crippen LogP contribution in [0.2, 0.25) is 0 Å². The van der Waals surface area contributed by atoms with Gasteiger partial charge >= 0.3 is 11.9 Å². The van der Waals surface area contributed by atoms with Crippen molar-refractivity contribution in [2.45, 2.75) is 120 Å². The molecule has 0 unspecified atom stereocenters. The molecule has 6 aliphatic heterocycles. The molecule has 2 bridgehead atoms. The van der Waals surface area contributed by atoms with Gasteiger partial charge in [0.2, 0.25) is 17.4 Å². The number of rotatable bonds is 0. The van der Waals surface area contributed by atoms with Gasteiger partial charge in [-0.15, -0.1) is 0 Å². The molecule has 2 saturated carbocycles. The Morgan fingerprint density at radius 1 is 0.949 bits per heavy atom. The van der Waals surface area contributed by atoms with Gasteiger partial charge in [-0.3, -0.25) is 23.9 Å². The number of fused-ring (bicyclic) bond motifs is 1. The zero-order valence-corrected chi connectivity index (χ0v) is 23.0. The Bertz CT molecular complexity index is 1280. The topological polar surface area (TPSA) is 135 Å².